The average Bonchev–Trinajstić information content (AvgIpc) is 2.53. The Balaban J connectivity index is 1.99. The van der Waals surface area contributed by atoms with Gasteiger partial charge in [0.2, 0.25) is 0 Å². The number of carboxylic acids is 1. The van der Waals surface area contributed by atoms with Gasteiger partial charge in [0, 0.05) is 5.69 Å². The Bertz CT molecular complexity index is 1040. The number of nitrogens with one attached hydrogen (secondary N) is 1. The van der Waals surface area contributed by atoms with Crippen molar-refractivity contribution >= 4 is 38.2 Å². The predicted molar refractivity (Wildman–Crippen MR) is 90.4 cm³/mol. The van der Waals surface area contributed by atoms with Crippen molar-refractivity contribution in [2.75, 3.05) is 5.32 Å². The third kappa shape index (κ3) is 3.22. The van der Waals surface area contributed by atoms with E-state index in [1.54, 1.807) is 42.5 Å². The molecule has 3 N–H and O–H groups in total. The molecule has 3 aromatic rings. The Morgan fingerprint density at radius 3 is 2.29 bits per heavy atom. The second-order valence-corrected chi connectivity index (χ2v) is 6.60. The van der Waals surface area contributed by atoms with E-state index < -0.39 is 16.1 Å². The van der Waals surface area contributed by atoms with Crippen LogP contribution in [0.25, 0.3) is 10.8 Å². The first-order valence-corrected chi connectivity index (χ1v) is 8.39. The van der Waals surface area contributed by atoms with E-state index in [-0.39, 0.29) is 10.5 Å². The molecule has 0 aliphatic heterocycles. The van der Waals surface area contributed by atoms with Crippen LogP contribution in [0.5, 0.6) is 0 Å². The second-order valence-electron chi connectivity index (χ2n) is 5.17. The van der Waals surface area contributed by atoms with Crippen molar-refractivity contribution in [2.24, 2.45) is 0 Å². The Morgan fingerprint density at radius 1 is 0.917 bits per heavy atom. The fraction of sp³-hybridized carbons (Fsp3) is 0. The van der Waals surface area contributed by atoms with E-state index in [1.807, 2.05) is 0 Å². The summed E-state index contributed by atoms with van der Waals surface area (Å²) in [4.78, 5) is 11.1. The summed E-state index contributed by atoms with van der Waals surface area (Å²) in [6.07, 6.45) is 0. The monoisotopic (exact) mass is 343 g/mol. The SMILES string of the molecule is O=C(O)c1ccccc1Nc1ccc2cc(S(=O)(=O)O)ccc2c1. The maximum absolute atomic E-state index is 11.2. The van der Waals surface area contributed by atoms with Crippen LogP contribution in [-0.4, -0.2) is 24.0 Å². The number of carboxylic acid groups (broad SMARTS) is 1. The Kier molecular flexibility index (Phi) is 3.96. The molecule has 0 amide bonds. The fourth-order valence-electron chi connectivity index (χ4n) is 2.40. The summed E-state index contributed by atoms with van der Waals surface area (Å²) < 4.78 is 31.4. The summed E-state index contributed by atoms with van der Waals surface area (Å²) in [6, 6.07) is 16.0. The van der Waals surface area contributed by atoms with Gasteiger partial charge < -0.3 is 10.4 Å². The molecular weight excluding hydrogens is 330 g/mol. The Labute approximate surface area is 138 Å². The van der Waals surface area contributed by atoms with Crippen LogP contribution in [-0.2, 0) is 10.1 Å². The number of hydrogen-bond donors (Lipinski definition) is 3. The first-order valence-electron chi connectivity index (χ1n) is 6.95. The molecule has 24 heavy (non-hydrogen) atoms. The lowest BCUT2D eigenvalue weighted by Gasteiger charge is -2.10. The van der Waals surface area contributed by atoms with Crippen molar-refractivity contribution in [3.8, 4) is 0 Å². The number of fused-ring (bicyclic) bond motifs is 1. The van der Waals surface area contributed by atoms with E-state index in [4.69, 9.17) is 4.55 Å². The van der Waals surface area contributed by atoms with Crippen molar-refractivity contribution in [2.45, 2.75) is 4.90 Å². The molecule has 0 fully saturated rings. The van der Waals surface area contributed by atoms with Gasteiger partial charge in [-0.05, 0) is 47.2 Å². The van der Waals surface area contributed by atoms with Crippen molar-refractivity contribution in [1.29, 1.82) is 0 Å². The molecule has 0 spiro atoms. The van der Waals surface area contributed by atoms with Crippen LogP contribution >= 0.6 is 0 Å². The van der Waals surface area contributed by atoms with Crippen LogP contribution in [0.3, 0.4) is 0 Å². The molecule has 0 radical (unpaired) electrons. The van der Waals surface area contributed by atoms with Gasteiger partial charge in [-0.3, -0.25) is 4.55 Å². The molecule has 3 rings (SSSR count). The highest BCUT2D eigenvalue weighted by molar-refractivity contribution is 7.85. The molecule has 122 valence electrons. The van der Waals surface area contributed by atoms with Crippen molar-refractivity contribution in [3.63, 3.8) is 0 Å². The molecule has 0 saturated heterocycles. The average molecular weight is 343 g/mol. The Morgan fingerprint density at radius 2 is 1.58 bits per heavy atom. The fourth-order valence-corrected chi connectivity index (χ4v) is 2.91. The highest BCUT2D eigenvalue weighted by Crippen LogP contribution is 2.26. The largest absolute Gasteiger partial charge is 0.478 e. The van der Waals surface area contributed by atoms with Crippen molar-refractivity contribution < 1.29 is 22.9 Å². The quantitative estimate of drug-likeness (QED) is 0.626. The number of hydrogen-bond acceptors (Lipinski definition) is 4. The van der Waals surface area contributed by atoms with E-state index in [9.17, 15) is 18.3 Å². The number of para-hydroxylation sites is 1. The zero-order valence-corrected chi connectivity index (χ0v) is 13.1. The standard InChI is InChI=1S/C17H13NO5S/c19-17(20)15-3-1-2-4-16(15)18-13-7-5-12-10-14(24(21,22)23)8-6-11(12)9-13/h1-10,18H,(H,19,20)(H,21,22,23). The van der Waals surface area contributed by atoms with Gasteiger partial charge in [-0.1, -0.05) is 24.3 Å². The highest BCUT2D eigenvalue weighted by atomic mass is 32.2. The minimum absolute atomic E-state index is 0.152. The zero-order valence-electron chi connectivity index (χ0n) is 12.3. The summed E-state index contributed by atoms with van der Waals surface area (Å²) in [7, 11) is -4.25. The Hall–Kier alpha value is -2.90. The highest BCUT2D eigenvalue weighted by Gasteiger charge is 2.11. The molecule has 0 saturated carbocycles. The van der Waals surface area contributed by atoms with Gasteiger partial charge in [-0.25, -0.2) is 4.79 Å². The van der Waals surface area contributed by atoms with Crippen LogP contribution in [0.4, 0.5) is 11.4 Å². The van der Waals surface area contributed by atoms with Gasteiger partial charge in [0.1, 0.15) is 0 Å². The first-order chi connectivity index (χ1) is 11.3. The molecule has 6 nitrogen and oxygen atoms in total. The van der Waals surface area contributed by atoms with E-state index >= 15 is 0 Å². The minimum atomic E-state index is -4.25. The van der Waals surface area contributed by atoms with E-state index in [1.165, 1.54) is 18.2 Å². The van der Waals surface area contributed by atoms with Crippen LogP contribution in [0.2, 0.25) is 0 Å². The van der Waals surface area contributed by atoms with Gasteiger partial charge in [-0.2, -0.15) is 8.42 Å². The van der Waals surface area contributed by atoms with Crippen molar-refractivity contribution in [1.82, 2.24) is 0 Å². The van der Waals surface area contributed by atoms with Gasteiger partial charge in [-0.15, -0.1) is 0 Å². The smallest absolute Gasteiger partial charge is 0.337 e. The molecular formula is C17H13NO5S. The lowest BCUT2D eigenvalue weighted by atomic mass is 10.1. The lowest BCUT2D eigenvalue weighted by Crippen LogP contribution is -2.02. The lowest BCUT2D eigenvalue weighted by molar-refractivity contribution is 0.0698. The van der Waals surface area contributed by atoms with E-state index in [0.29, 0.717) is 16.8 Å². The van der Waals surface area contributed by atoms with Gasteiger partial charge in [0.15, 0.2) is 0 Å². The first kappa shape index (κ1) is 16.0. The zero-order chi connectivity index (χ0) is 17.3. The predicted octanol–water partition coefficient (Wildman–Crippen LogP) is 3.53. The van der Waals surface area contributed by atoms with Crippen molar-refractivity contribution in [3.05, 3.63) is 66.2 Å². The normalized spacial score (nSPS) is 11.4. The summed E-state index contributed by atoms with van der Waals surface area (Å²) in [5.41, 5.74) is 1.27. The third-order valence-electron chi connectivity index (χ3n) is 3.55. The van der Waals surface area contributed by atoms with Gasteiger partial charge >= 0.3 is 5.97 Å². The minimum Gasteiger partial charge on any atom is -0.478 e. The molecule has 0 aromatic heterocycles. The maximum Gasteiger partial charge on any atom is 0.337 e. The molecule has 7 heteroatoms. The van der Waals surface area contributed by atoms with Crippen LogP contribution in [0.1, 0.15) is 10.4 Å². The van der Waals surface area contributed by atoms with E-state index in [0.717, 1.165) is 5.39 Å². The topological polar surface area (TPSA) is 104 Å². The molecule has 3 aromatic carbocycles. The number of rotatable bonds is 4. The third-order valence-corrected chi connectivity index (χ3v) is 4.40. The van der Waals surface area contributed by atoms with Gasteiger partial charge in [0.05, 0.1) is 16.1 Å². The van der Waals surface area contributed by atoms with Crippen LogP contribution in [0, 0.1) is 0 Å². The molecule has 0 aliphatic rings. The summed E-state index contributed by atoms with van der Waals surface area (Å²) in [5.74, 6) is -1.03. The molecule has 0 aliphatic carbocycles. The second kappa shape index (κ2) is 5.95. The maximum atomic E-state index is 11.2. The number of anilines is 2. The summed E-state index contributed by atoms with van der Waals surface area (Å²) >= 11 is 0. The number of carbonyl (C=O) groups is 1. The number of aromatic carboxylic acids is 1. The molecule has 0 atom stereocenters. The number of benzene rings is 3. The van der Waals surface area contributed by atoms with E-state index in [2.05, 4.69) is 5.32 Å². The molecule has 0 unspecified atom stereocenters. The molecule has 0 heterocycles. The summed E-state index contributed by atoms with van der Waals surface area (Å²) in [6.45, 7) is 0. The van der Waals surface area contributed by atoms with Crippen LogP contribution in [0.15, 0.2) is 65.6 Å². The van der Waals surface area contributed by atoms with Crippen LogP contribution < -0.4 is 5.32 Å². The molecule has 0 bridgehead atoms. The van der Waals surface area contributed by atoms with Gasteiger partial charge in [0.25, 0.3) is 10.1 Å². The summed E-state index contributed by atoms with van der Waals surface area (Å²) in [5, 5.41) is 13.6.